The topological polar surface area (TPSA) is 81.6 Å². The van der Waals surface area contributed by atoms with Gasteiger partial charge in [-0.1, -0.05) is 30.3 Å². The van der Waals surface area contributed by atoms with Crippen LogP contribution in [-0.2, 0) is 14.3 Å². The molecule has 7 nitrogen and oxygen atoms in total. The van der Waals surface area contributed by atoms with Crippen molar-refractivity contribution in [3.8, 4) is 0 Å². The minimum absolute atomic E-state index is 0.0189. The summed E-state index contributed by atoms with van der Waals surface area (Å²) in [6.07, 6.45) is 0.165. The predicted octanol–water partition coefficient (Wildman–Crippen LogP) is 3.51. The van der Waals surface area contributed by atoms with Crippen LogP contribution in [0.25, 0.3) is 10.9 Å². The van der Waals surface area contributed by atoms with E-state index in [2.05, 4.69) is 9.97 Å². The van der Waals surface area contributed by atoms with Gasteiger partial charge in [-0.15, -0.1) is 0 Å². The van der Waals surface area contributed by atoms with E-state index >= 15 is 0 Å². The van der Waals surface area contributed by atoms with Crippen molar-refractivity contribution in [1.82, 2.24) is 9.97 Å². The Labute approximate surface area is 162 Å². The molecule has 0 atom stereocenters. The zero-order chi connectivity index (χ0) is 19.9. The third kappa shape index (κ3) is 4.25. The average Bonchev–Trinajstić information content (AvgIpc) is 2.74. The molecule has 7 heteroatoms. The molecular weight excluding hydrogens is 358 g/mol. The molecule has 1 heterocycles. The summed E-state index contributed by atoms with van der Waals surface area (Å²) in [6.45, 7) is 2.29. The molecule has 0 N–H and O–H groups in total. The molecule has 2 aromatic carbocycles. The lowest BCUT2D eigenvalue weighted by atomic mass is 10.2. The van der Waals surface area contributed by atoms with E-state index in [9.17, 15) is 9.59 Å². The first kappa shape index (κ1) is 19.3. The largest absolute Gasteiger partial charge is 0.469 e. The Bertz CT molecular complexity index is 976. The van der Waals surface area contributed by atoms with Crippen molar-refractivity contribution in [2.45, 2.75) is 13.3 Å². The first-order chi connectivity index (χ1) is 13.6. The van der Waals surface area contributed by atoms with Gasteiger partial charge in [0.2, 0.25) is 5.82 Å². The zero-order valence-electron chi connectivity index (χ0n) is 15.8. The molecule has 3 rings (SSSR count). The lowest BCUT2D eigenvalue weighted by molar-refractivity contribution is -0.140. The first-order valence-corrected chi connectivity index (χ1v) is 8.97. The van der Waals surface area contributed by atoms with Crippen molar-refractivity contribution < 1.29 is 19.1 Å². The summed E-state index contributed by atoms with van der Waals surface area (Å²) < 4.78 is 9.86. The molecule has 0 bridgehead atoms. The number of anilines is 2. The minimum atomic E-state index is -0.588. The number of esters is 2. The minimum Gasteiger partial charge on any atom is -0.469 e. The van der Waals surface area contributed by atoms with Crippen LogP contribution in [-0.4, -0.2) is 42.2 Å². The van der Waals surface area contributed by atoms with Crippen molar-refractivity contribution in [1.29, 1.82) is 0 Å². The van der Waals surface area contributed by atoms with Gasteiger partial charge >= 0.3 is 11.9 Å². The Balaban J connectivity index is 2.14. The SMILES string of the molecule is CCOC(=O)c1nc(N(CCC(=O)OC)c2ccccc2)c2ccccc2n1. The number of fused-ring (bicyclic) bond motifs is 1. The van der Waals surface area contributed by atoms with Gasteiger partial charge in [-0.05, 0) is 31.2 Å². The Hall–Kier alpha value is -3.48. The summed E-state index contributed by atoms with van der Waals surface area (Å²) in [5, 5.41) is 0.768. The molecule has 28 heavy (non-hydrogen) atoms. The van der Waals surface area contributed by atoms with Crippen LogP contribution in [0.1, 0.15) is 24.0 Å². The van der Waals surface area contributed by atoms with Crippen LogP contribution in [0.4, 0.5) is 11.5 Å². The van der Waals surface area contributed by atoms with E-state index in [4.69, 9.17) is 9.47 Å². The fourth-order valence-electron chi connectivity index (χ4n) is 2.82. The van der Waals surface area contributed by atoms with Crippen LogP contribution in [0.15, 0.2) is 54.6 Å². The quantitative estimate of drug-likeness (QED) is 0.581. The number of para-hydroxylation sites is 2. The number of ether oxygens (including phenoxy) is 2. The van der Waals surface area contributed by atoms with Gasteiger partial charge in [0.1, 0.15) is 5.82 Å². The van der Waals surface area contributed by atoms with Crippen molar-refractivity contribution in [3.05, 3.63) is 60.4 Å². The molecule has 144 valence electrons. The third-order valence-electron chi connectivity index (χ3n) is 4.13. The Morgan fingerprint density at radius 3 is 2.43 bits per heavy atom. The maximum absolute atomic E-state index is 12.3. The van der Waals surface area contributed by atoms with Crippen LogP contribution >= 0.6 is 0 Å². The fraction of sp³-hybridized carbons (Fsp3) is 0.238. The number of rotatable bonds is 7. The van der Waals surface area contributed by atoms with Gasteiger partial charge in [-0.2, -0.15) is 0 Å². The maximum Gasteiger partial charge on any atom is 0.376 e. The molecule has 1 aromatic heterocycles. The molecule has 0 spiro atoms. The zero-order valence-corrected chi connectivity index (χ0v) is 15.8. The average molecular weight is 379 g/mol. The van der Waals surface area contributed by atoms with Gasteiger partial charge in [-0.25, -0.2) is 14.8 Å². The highest BCUT2D eigenvalue weighted by Gasteiger charge is 2.20. The van der Waals surface area contributed by atoms with Crippen molar-refractivity contribution in [2.24, 2.45) is 0 Å². The Kier molecular flexibility index (Phi) is 6.16. The number of nitrogens with zero attached hydrogens (tertiary/aromatic N) is 3. The fourth-order valence-corrected chi connectivity index (χ4v) is 2.82. The summed E-state index contributed by atoms with van der Waals surface area (Å²) >= 11 is 0. The van der Waals surface area contributed by atoms with E-state index in [0.29, 0.717) is 17.9 Å². The number of hydrogen-bond acceptors (Lipinski definition) is 7. The Morgan fingerprint density at radius 2 is 1.71 bits per heavy atom. The summed E-state index contributed by atoms with van der Waals surface area (Å²) in [5.74, 6) is -0.404. The van der Waals surface area contributed by atoms with E-state index in [1.165, 1.54) is 7.11 Å². The number of hydrogen-bond donors (Lipinski definition) is 0. The molecule has 0 unspecified atom stereocenters. The molecule has 0 aliphatic carbocycles. The molecule has 0 aliphatic heterocycles. The molecule has 0 saturated heterocycles. The van der Waals surface area contributed by atoms with E-state index in [-0.39, 0.29) is 24.8 Å². The van der Waals surface area contributed by atoms with Crippen LogP contribution in [0.2, 0.25) is 0 Å². The molecule has 3 aromatic rings. The van der Waals surface area contributed by atoms with Gasteiger partial charge in [0, 0.05) is 17.6 Å². The number of carbonyl (C=O) groups is 2. The third-order valence-corrected chi connectivity index (χ3v) is 4.13. The number of methoxy groups -OCH3 is 1. The van der Waals surface area contributed by atoms with E-state index in [0.717, 1.165) is 11.1 Å². The van der Waals surface area contributed by atoms with Gasteiger partial charge in [0.25, 0.3) is 0 Å². The van der Waals surface area contributed by atoms with Crippen LogP contribution < -0.4 is 4.90 Å². The van der Waals surface area contributed by atoms with Crippen LogP contribution in [0.5, 0.6) is 0 Å². The second-order valence-electron chi connectivity index (χ2n) is 5.92. The summed E-state index contributed by atoms with van der Waals surface area (Å²) in [4.78, 5) is 34.7. The maximum atomic E-state index is 12.3. The second kappa shape index (κ2) is 8.94. The summed E-state index contributed by atoms with van der Waals surface area (Å²) in [5.41, 5.74) is 1.46. The van der Waals surface area contributed by atoms with E-state index < -0.39 is 5.97 Å². The highest BCUT2D eigenvalue weighted by Crippen LogP contribution is 2.30. The lowest BCUT2D eigenvalue weighted by Crippen LogP contribution is -2.24. The summed E-state index contributed by atoms with van der Waals surface area (Å²) in [7, 11) is 1.36. The van der Waals surface area contributed by atoms with Gasteiger partial charge < -0.3 is 14.4 Å². The van der Waals surface area contributed by atoms with Crippen molar-refractivity contribution in [2.75, 3.05) is 25.2 Å². The lowest BCUT2D eigenvalue weighted by Gasteiger charge is -2.25. The number of carbonyl (C=O) groups excluding carboxylic acids is 2. The van der Waals surface area contributed by atoms with E-state index in [1.54, 1.807) is 6.92 Å². The van der Waals surface area contributed by atoms with Gasteiger partial charge in [0.15, 0.2) is 0 Å². The monoisotopic (exact) mass is 379 g/mol. The van der Waals surface area contributed by atoms with Gasteiger partial charge in [0.05, 0.1) is 25.7 Å². The standard InChI is InChI=1S/C21H21N3O4/c1-3-28-21(26)19-22-17-12-8-7-11-16(17)20(23-19)24(14-13-18(25)27-2)15-9-5-4-6-10-15/h4-12H,3,13-14H2,1-2H3. The van der Waals surface area contributed by atoms with Crippen molar-refractivity contribution >= 4 is 34.3 Å². The second-order valence-corrected chi connectivity index (χ2v) is 5.92. The highest BCUT2D eigenvalue weighted by molar-refractivity contribution is 5.96. The number of benzene rings is 2. The molecule has 0 radical (unpaired) electrons. The van der Waals surface area contributed by atoms with Crippen LogP contribution in [0.3, 0.4) is 0 Å². The number of aromatic nitrogens is 2. The molecule has 0 aliphatic rings. The molecule has 0 saturated carbocycles. The van der Waals surface area contributed by atoms with Crippen LogP contribution in [0, 0.1) is 0 Å². The van der Waals surface area contributed by atoms with Crippen molar-refractivity contribution in [3.63, 3.8) is 0 Å². The van der Waals surface area contributed by atoms with Gasteiger partial charge in [-0.3, -0.25) is 4.79 Å². The Morgan fingerprint density at radius 1 is 1.00 bits per heavy atom. The molecule has 0 amide bonds. The molecule has 0 fully saturated rings. The normalized spacial score (nSPS) is 10.5. The highest BCUT2D eigenvalue weighted by atomic mass is 16.5. The van der Waals surface area contributed by atoms with E-state index in [1.807, 2.05) is 59.5 Å². The smallest absolute Gasteiger partial charge is 0.376 e. The summed E-state index contributed by atoms with van der Waals surface area (Å²) in [6, 6.07) is 16.9. The predicted molar refractivity (Wildman–Crippen MR) is 106 cm³/mol. The first-order valence-electron chi connectivity index (χ1n) is 8.97. The molecular formula is C21H21N3O4.